The minimum absolute atomic E-state index is 0.140. The molecule has 0 saturated heterocycles. The lowest BCUT2D eigenvalue weighted by Crippen LogP contribution is -1.96. The molecule has 0 saturated carbocycles. The smallest absolute Gasteiger partial charge is 0.303 e. The van der Waals surface area contributed by atoms with Crippen molar-refractivity contribution in [1.82, 2.24) is 0 Å². The van der Waals surface area contributed by atoms with Gasteiger partial charge in [0.1, 0.15) is 10.9 Å². The molecular formula is C12H9NO2S. The number of hydrogen-bond acceptors (Lipinski definition) is 3. The normalized spacial score (nSPS) is 10.2. The molecule has 2 aromatic rings. The fourth-order valence-electron chi connectivity index (χ4n) is 1.55. The third-order valence-corrected chi connectivity index (χ3v) is 3.34. The first-order valence-electron chi connectivity index (χ1n) is 4.83. The van der Waals surface area contributed by atoms with Gasteiger partial charge in [-0.3, -0.25) is 4.79 Å². The fraction of sp³-hybridized carbons (Fsp3) is 0.167. The molecule has 0 bridgehead atoms. The van der Waals surface area contributed by atoms with Gasteiger partial charge < -0.3 is 5.11 Å². The molecule has 0 radical (unpaired) electrons. The zero-order valence-corrected chi connectivity index (χ0v) is 9.25. The van der Waals surface area contributed by atoms with E-state index >= 15 is 0 Å². The molecule has 0 unspecified atom stereocenters. The molecule has 4 heteroatoms. The molecule has 0 spiro atoms. The number of nitrogens with zero attached hydrogens (tertiary/aromatic N) is 1. The second kappa shape index (κ2) is 4.33. The highest BCUT2D eigenvalue weighted by atomic mass is 32.1. The highest BCUT2D eigenvalue weighted by Gasteiger charge is 2.03. The van der Waals surface area contributed by atoms with Crippen LogP contribution in [0.2, 0.25) is 0 Å². The minimum atomic E-state index is -0.789. The molecule has 0 aliphatic rings. The van der Waals surface area contributed by atoms with E-state index in [2.05, 4.69) is 6.07 Å². The van der Waals surface area contributed by atoms with Gasteiger partial charge in [-0.1, -0.05) is 12.1 Å². The number of aryl methyl sites for hydroxylation is 1. The summed E-state index contributed by atoms with van der Waals surface area (Å²) in [7, 11) is 0. The van der Waals surface area contributed by atoms with Crippen molar-refractivity contribution in [3.05, 3.63) is 34.7 Å². The highest BCUT2D eigenvalue weighted by molar-refractivity contribution is 7.19. The Hall–Kier alpha value is -1.86. The summed E-state index contributed by atoms with van der Waals surface area (Å²) in [6.45, 7) is 0. The Balaban J connectivity index is 2.29. The molecule has 0 amide bonds. The van der Waals surface area contributed by atoms with Crippen LogP contribution in [0.4, 0.5) is 0 Å². The van der Waals surface area contributed by atoms with E-state index in [0.717, 1.165) is 15.6 Å². The number of benzene rings is 1. The Morgan fingerprint density at radius 1 is 1.44 bits per heavy atom. The number of carboxylic acid groups (broad SMARTS) is 1. The fourth-order valence-corrected chi connectivity index (χ4v) is 2.39. The summed E-state index contributed by atoms with van der Waals surface area (Å²) in [5.74, 6) is -0.789. The van der Waals surface area contributed by atoms with Crippen LogP contribution in [-0.4, -0.2) is 11.1 Å². The van der Waals surface area contributed by atoms with Crippen molar-refractivity contribution in [1.29, 1.82) is 5.26 Å². The summed E-state index contributed by atoms with van der Waals surface area (Å²) >= 11 is 1.45. The van der Waals surface area contributed by atoms with E-state index in [1.165, 1.54) is 11.3 Å². The van der Waals surface area contributed by atoms with Crippen LogP contribution in [0.1, 0.15) is 16.9 Å². The molecule has 3 nitrogen and oxygen atoms in total. The van der Waals surface area contributed by atoms with Crippen LogP contribution in [0, 0.1) is 11.3 Å². The van der Waals surface area contributed by atoms with Gasteiger partial charge in [-0.2, -0.15) is 5.26 Å². The van der Waals surface area contributed by atoms with Crippen molar-refractivity contribution in [3.8, 4) is 6.07 Å². The van der Waals surface area contributed by atoms with Crippen LogP contribution in [0.25, 0.3) is 10.1 Å². The maximum absolute atomic E-state index is 10.4. The molecule has 0 atom stereocenters. The summed E-state index contributed by atoms with van der Waals surface area (Å²) in [6.07, 6.45) is 0.670. The zero-order valence-electron chi connectivity index (χ0n) is 8.43. The molecular weight excluding hydrogens is 222 g/mol. The van der Waals surface area contributed by atoms with E-state index in [1.807, 2.05) is 24.3 Å². The van der Waals surface area contributed by atoms with E-state index in [9.17, 15) is 4.79 Å². The van der Waals surface area contributed by atoms with Gasteiger partial charge in [0.2, 0.25) is 0 Å². The summed E-state index contributed by atoms with van der Waals surface area (Å²) in [6, 6.07) is 9.76. The first-order chi connectivity index (χ1) is 7.69. The summed E-state index contributed by atoms with van der Waals surface area (Å²) in [5.41, 5.74) is 0.997. The van der Waals surface area contributed by atoms with Crippen LogP contribution in [0.15, 0.2) is 24.3 Å². The monoisotopic (exact) mass is 231 g/mol. The van der Waals surface area contributed by atoms with Gasteiger partial charge in [0.05, 0.1) is 0 Å². The molecule has 2 rings (SSSR count). The average molecular weight is 231 g/mol. The number of carboxylic acids is 1. The Morgan fingerprint density at radius 3 is 2.94 bits per heavy atom. The average Bonchev–Trinajstić information content (AvgIpc) is 2.68. The maximum Gasteiger partial charge on any atom is 0.303 e. The molecule has 80 valence electrons. The molecule has 0 aliphatic heterocycles. The van der Waals surface area contributed by atoms with Crippen LogP contribution >= 0.6 is 11.3 Å². The first-order valence-corrected chi connectivity index (χ1v) is 5.65. The molecule has 1 aromatic carbocycles. The van der Waals surface area contributed by atoms with E-state index < -0.39 is 5.97 Å². The largest absolute Gasteiger partial charge is 0.481 e. The van der Waals surface area contributed by atoms with Gasteiger partial charge in [0.25, 0.3) is 0 Å². The van der Waals surface area contributed by atoms with Crippen molar-refractivity contribution in [2.45, 2.75) is 12.8 Å². The number of carbonyl (C=O) groups is 1. The quantitative estimate of drug-likeness (QED) is 0.883. The van der Waals surface area contributed by atoms with Crippen LogP contribution in [-0.2, 0) is 11.2 Å². The summed E-state index contributed by atoms with van der Waals surface area (Å²) in [4.78, 5) is 11.1. The Labute approximate surface area is 96.6 Å². The third-order valence-electron chi connectivity index (χ3n) is 2.32. The number of fused-ring (bicyclic) bond motifs is 1. The van der Waals surface area contributed by atoms with Gasteiger partial charge in [0.15, 0.2) is 0 Å². The summed E-state index contributed by atoms with van der Waals surface area (Å²) in [5, 5.41) is 18.4. The molecule has 0 aliphatic carbocycles. The predicted molar refractivity (Wildman–Crippen MR) is 62.5 cm³/mol. The second-order valence-electron chi connectivity index (χ2n) is 3.49. The van der Waals surface area contributed by atoms with Crippen molar-refractivity contribution < 1.29 is 9.90 Å². The summed E-state index contributed by atoms with van der Waals surface area (Å²) < 4.78 is 1.07. The predicted octanol–water partition coefficient (Wildman–Crippen LogP) is 2.79. The first kappa shape index (κ1) is 10.7. The van der Waals surface area contributed by atoms with Crippen molar-refractivity contribution in [2.24, 2.45) is 0 Å². The van der Waals surface area contributed by atoms with Gasteiger partial charge in [-0.15, -0.1) is 11.3 Å². The van der Waals surface area contributed by atoms with Gasteiger partial charge in [-0.25, -0.2) is 0 Å². The van der Waals surface area contributed by atoms with Crippen LogP contribution in [0.3, 0.4) is 0 Å². The standard InChI is InChI=1S/C12H9NO2S/c13-7-10-6-9-5-8(2-4-12(14)15)1-3-11(9)16-10/h1,3,5-6H,2,4H2,(H,14,15). The van der Waals surface area contributed by atoms with E-state index in [0.29, 0.717) is 11.3 Å². The lowest BCUT2D eigenvalue weighted by molar-refractivity contribution is -0.136. The Morgan fingerprint density at radius 2 is 2.25 bits per heavy atom. The van der Waals surface area contributed by atoms with E-state index in [-0.39, 0.29) is 6.42 Å². The number of nitriles is 1. The van der Waals surface area contributed by atoms with Crippen molar-refractivity contribution in [3.63, 3.8) is 0 Å². The minimum Gasteiger partial charge on any atom is -0.481 e. The molecule has 1 heterocycles. The van der Waals surface area contributed by atoms with Crippen LogP contribution in [0.5, 0.6) is 0 Å². The van der Waals surface area contributed by atoms with Crippen LogP contribution < -0.4 is 0 Å². The number of rotatable bonds is 3. The molecule has 1 aromatic heterocycles. The molecule has 0 fully saturated rings. The third kappa shape index (κ3) is 2.20. The van der Waals surface area contributed by atoms with Gasteiger partial charge in [-0.05, 0) is 29.5 Å². The van der Waals surface area contributed by atoms with Gasteiger partial charge in [0, 0.05) is 11.1 Å². The van der Waals surface area contributed by atoms with E-state index in [4.69, 9.17) is 10.4 Å². The molecule has 1 N–H and O–H groups in total. The number of aliphatic carboxylic acids is 1. The second-order valence-corrected chi connectivity index (χ2v) is 4.57. The zero-order chi connectivity index (χ0) is 11.5. The van der Waals surface area contributed by atoms with Crippen molar-refractivity contribution >= 4 is 27.4 Å². The maximum atomic E-state index is 10.4. The van der Waals surface area contributed by atoms with Gasteiger partial charge >= 0.3 is 5.97 Å². The topological polar surface area (TPSA) is 61.1 Å². The lowest BCUT2D eigenvalue weighted by atomic mass is 10.1. The van der Waals surface area contributed by atoms with E-state index in [1.54, 1.807) is 0 Å². The van der Waals surface area contributed by atoms with Crippen molar-refractivity contribution in [2.75, 3.05) is 0 Å². The Bertz CT molecular complexity index is 580. The molecule has 16 heavy (non-hydrogen) atoms. The Kier molecular flexibility index (Phi) is 2.88. The highest BCUT2D eigenvalue weighted by Crippen LogP contribution is 2.26. The lowest BCUT2D eigenvalue weighted by Gasteiger charge is -1.98. The number of hydrogen-bond donors (Lipinski definition) is 1. The SMILES string of the molecule is N#Cc1cc2cc(CCC(=O)O)ccc2s1. The number of thiophene rings is 1.